The van der Waals surface area contributed by atoms with Gasteiger partial charge in [0.05, 0.1) is 17.6 Å². The summed E-state index contributed by atoms with van der Waals surface area (Å²) in [4.78, 5) is 6.97. The molecule has 0 bridgehead atoms. The van der Waals surface area contributed by atoms with Crippen molar-refractivity contribution in [3.05, 3.63) is 46.4 Å². The summed E-state index contributed by atoms with van der Waals surface area (Å²) in [5.74, 6) is 0. The number of sulfonamides is 1. The average molecular weight is 349 g/mol. The Bertz CT molecular complexity index is 820. The van der Waals surface area contributed by atoms with E-state index >= 15 is 0 Å². The minimum Gasteiger partial charge on any atom is -0.298 e. The lowest BCUT2D eigenvalue weighted by Gasteiger charge is -2.24. The van der Waals surface area contributed by atoms with Crippen molar-refractivity contribution < 1.29 is 8.42 Å². The van der Waals surface area contributed by atoms with Gasteiger partial charge in [0.15, 0.2) is 0 Å². The second kappa shape index (κ2) is 5.29. The molecule has 0 N–H and O–H groups in total. The number of hydrogen-bond acceptors (Lipinski definition) is 5. The van der Waals surface area contributed by atoms with Crippen molar-refractivity contribution in [1.29, 1.82) is 0 Å². The van der Waals surface area contributed by atoms with Crippen LogP contribution in [0, 0.1) is 0 Å². The van der Waals surface area contributed by atoms with Crippen LogP contribution in [0.4, 0.5) is 5.69 Å². The smallest absolute Gasteiger partial charge is 0.232 e. The van der Waals surface area contributed by atoms with E-state index in [4.69, 9.17) is 0 Å². The fraction of sp³-hybridized carbons (Fsp3) is 0.438. The van der Waals surface area contributed by atoms with E-state index in [0.29, 0.717) is 6.54 Å². The van der Waals surface area contributed by atoms with Gasteiger partial charge >= 0.3 is 0 Å². The Hall–Kier alpha value is -1.44. The maximum atomic E-state index is 12.2. The molecule has 0 amide bonds. The van der Waals surface area contributed by atoms with Gasteiger partial charge in [-0.15, -0.1) is 0 Å². The van der Waals surface area contributed by atoms with E-state index in [1.807, 2.05) is 12.1 Å². The predicted octanol–water partition coefficient (Wildman–Crippen LogP) is 2.07. The van der Waals surface area contributed by atoms with Gasteiger partial charge in [0.2, 0.25) is 10.0 Å². The lowest BCUT2D eigenvalue weighted by Crippen LogP contribution is -2.38. The molecule has 1 atom stereocenters. The van der Waals surface area contributed by atoms with Crippen molar-refractivity contribution in [2.24, 2.45) is 0 Å². The van der Waals surface area contributed by atoms with Crippen LogP contribution in [0.1, 0.15) is 17.7 Å². The first-order valence-corrected chi connectivity index (χ1v) is 10.4. The van der Waals surface area contributed by atoms with Crippen molar-refractivity contribution >= 4 is 27.0 Å². The highest BCUT2D eigenvalue weighted by Crippen LogP contribution is 2.46. The van der Waals surface area contributed by atoms with E-state index in [1.165, 1.54) is 16.1 Å². The van der Waals surface area contributed by atoms with Gasteiger partial charge in [0.25, 0.3) is 0 Å². The number of aromatic nitrogens is 1. The van der Waals surface area contributed by atoms with Gasteiger partial charge in [-0.3, -0.25) is 14.2 Å². The van der Waals surface area contributed by atoms with E-state index in [-0.39, 0.29) is 5.41 Å². The Morgan fingerprint density at radius 3 is 2.96 bits per heavy atom. The molecule has 0 radical (unpaired) electrons. The summed E-state index contributed by atoms with van der Waals surface area (Å²) in [6.45, 7) is 3.27. The van der Waals surface area contributed by atoms with Gasteiger partial charge in [-0.2, -0.15) is 11.3 Å². The summed E-state index contributed by atoms with van der Waals surface area (Å²) in [5, 5.41) is 4.27. The number of pyridine rings is 1. The van der Waals surface area contributed by atoms with E-state index < -0.39 is 10.0 Å². The van der Waals surface area contributed by atoms with Crippen LogP contribution in [0.5, 0.6) is 0 Å². The van der Waals surface area contributed by atoms with Crippen LogP contribution < -0.4 is 4.31 Å². The van der Waals surface area contributed by atoms with Crippen molar-refractivity contribution in [2.75, 3.05) is 30.2 Å². The summed E-state index contributed by atoms with van der Waals surface area (Å²) < 4.78 is 25.9. The van der Waals surface area contributed by atoms with Crippen molar-refractivity contribution in [1.82, 2.24) is 9.88 Å². The van der Waals surface area contributed by atoms with Gasteiger partial charge in [0, 0.05) is 31.2 Å². The third-order valence-electron chi connectivity index (χ3n) is 4.82. The number of rotatable bonds is 3. The van der Waals surface area contributed by atoms with Crippen molar-refractivity contribution in [3.63, 3.8) is 0 Å². The van der Waals surface area contributed by atoms with Crippen LogP contribution in [-0.2, 0) is 22.0 Å². The highest BCUT2D eigenvalue weighted by Gasteiger charge is 2.50. The molecule has 2 aliphatic rings. The monoisotopic (exact) mass is 349 g/mol. The van der Waals surface area contributed by atoms with Gasteiger partial charge in [-0.1, -0.05) is 0 Å². The first kappa shape index (κ1) is 15.1. The Morgan fingerprint density at radius 2 is 2.22 bits per heavy atom. The Balaban J connectivity index is 1.65. The fourth-order valence-electron chi connectivity index (χ4n) is 3.79. The van der Waals surface area contributed by atoms with Crippen LogP contribution in [0.15, 0.2) is 35.2 Å². The summed E-state index contributed by atoms with van der Waals surface area (Å²) in [6, 6.07) is 5.84. The molecule has 1 saturated heterocycles. The maximum absolute atomic E-state index is 12.2. The van der Waals surface area contributed by atoms with E-state index in [2.05, 4.69) is 26.7 Å². The number of hydrogen-bond donors (Lipinski definition) is 0. The quantitative estimate of drug-likeness (QED) is 0.851. The zero-order valence-corrected chi connectivity index (χ0v) is 14.6. The number of nitrogens with zero attached hydrogens (tertiary/aromatic N) is 3. The molecular formula is C16H19N3O2S2. The molecule has 0 aromatic carbocycles. The van der Waals surface area contributed by atoms with E-state index in [9.17, 15) is 8.42 Å². The van der Waals surface area contributed by atoms with Gasteiger partial charge in [-0.05, 0) is 47.5 Å². The zero-order valence-electron chi connectivity index (χ0n) is 13.0. The summed E-state index contributed by atoms with van der Waals surface area (Å²) in [5.41, 5.74) is 2.85. The lowest BCUT2D eigenvalue weighted by atomic mass is 9.85. The van der Waals surface area contributed by atoms with Crippen LogP contribution in [-0.4, -0.2) is 44.2 Å². The normalized spacial score (nSPS) is 24.5. The SMILES string of the molecule is CS(=O)(=O)N1CC2(CCN(Cc3ccsc3)C2)c2ncccc21. The third-order valence-corrected chi connectivity index (χ3v) is 6.68. The maximum Gasteiger partial charge on any atom is 0.232 e. The molecular weight excluding hydrogens is 330 g/mol. The average Bonchev–Trinajstić information content (AvgIpc) is 3.21. The number of fused-ring (bicyclic) bond motifs is 2. The first-order valence-electron chi connectivity index (χ1n) is 7.65. The van der Waals surface area contributed by atoms with Crippen molar-refractivity contribution in [2.45, 2.75) is 18.4 Å². The summed E-state index contributed by atoms with van der Waals surface area (Å²) >= 11 is 1.71. The second-order valence-corrected chi connectivity index (χ2v) is 9.20. The molecule has 1 spiro atoms. The third kappa shape index (κ3) is 2.56. The minimum absolute atomic E-state index is 0.171. The van der Waals surface area contributed by atoms with Crippen molar-refractivity contribution in [3.8, 4) is 0 Å². The largest absolute Gasteiger partial charge is 0.298 e. The molecule has 23 heavy (non-hydrogen) atoms. The number of thiophene rings is 1. The standard InChI is InChI=1S/C16H19N3O2S2/c1-23(20,21)19-12-16(15-14(19)3-2-6-17-15)5-7-18(11-16)9-13-4-8-22-10-13/h2-4,6,8,10H,5,7,9,11-12H2,1H3. The molecule has 4 heterocycles. The topological polar surface area (TPSA) is 53.5 Å². The van der Waals surface area contributed by atoms with E-state index in [0.717, 1.165) is 37.4 Å². The molecule has 5 nitrogen and oxygen atoms in total. The highest BCUT2D eigenvalue weighted by molar-refractivity contribution is 7.92. The molecule has 4 rings (SSSR count). The van der Waals surface area contributed by atoms with Crippen LogP contribution in [0.2, 0.25) is 0 Å². The van der Waals surface area contributed by atoms with Gasteiger partial charge < -0.3 is 0 Å². The molecule has 2 aromatic rings. The molecule has 1 unspecified atom stereocenters. The Morgan fingerprint density at radius 1 is 1.35 bits per heavy atom. The summed E-state index contributed by atoms with van der Waals surface area (Å²) in [7, 11) is -3.27. The Labute approximate surface area is 140 Å². The van der Waals surface area contributed by atoms with E-state index in [1.54, 1.807) is 17.5 Å². The van der Waals surface area contributed by atoms with Gasteiger partial charge in [-0.25, -0.2) is 8.42 Å². The minimum atomic E-state index is -3.27. The van der Waals surface area contributed by atoms with Crippen LogP contribution >= 0.6 is 11.3 Å². The zero-order chi connectivity index (χ0) is 16.1. The second-order valence-electron chi connectivity index (χ2n) is 6.51. The molecule has 0 aliphatic carbocycles. The fourth-order valence-corrected chi connectivity index (χ4v) is 5.44. The molecule has 7 heteroatoms. The molecule has 2 aliphatic heterocycles. The lowest BCUT2D eigenvalue weighted by molar-refractivity contribution is 0.307. The molecule has 122 valence electrons. The number of anilines is 1. The molecule has 2 aromatic heterocycles. The Kier molecular flexibility index (Phi) is 3.48. The molecule has 1 fully saturated rings. The highest BCUT2D eigenvalue weighted by atomic mass is 32.2. The molecule has 0 saturated carbocycles. The summed E-state index contributed by atoms with van der Waals surface area (Å²) in [6.07, 6.45) is 4.00. The van der Waals surface area contributed by atoms with Crippen LogP contribution in [0.25, 0.3) is 0 Å². The number of likely N-dealkylation sites (tertiary alicyclic amines) is 1. The predicted molar refractivity (Wildman–Crippen MR) is 92.3 cm³/mol. The van der Waals surface area contributed by atoms with Crippen LogP contribution in [0.3, 0.4) is 0 Å². The van der Waals surface area contributed by atoms with Gasteiger partial charge in [0.1, 0.15) is 0 Å². The first-order chi connectivity index (χ1) is 11.0.